The number of hydrogen-bond donors (Lipinski definition) is 0. The van der Waals surface area contributed by atoms with Crippen LogP contribution >= 0.6 is 0 Å². The summed E-state index contributed by atoms with van der Waals surface area (Å²) in [6, 6.07) is 41.4. The third kappa shape index (κ3) is 7.58. The van der Waals surface area contributed by atoms with Gasteiger partial charge in [0.15, 0.2) is 17.5 Å². The predicted octanol–water partition coefficient (Wildman–Crippen LogP) is 14.4. The van der Waals surface area contributed by atoms with Gasteiger partial charge >= 0.3 is 18.5 Å². The molecule has 4 nitrogen and oxygen atoms in total. The van der Waals surface area contributed by atoms with Crippen LogP contribution in [0.4, 0.5) is 39.5 Å². The van der Waals surface area contributed by atoms with Gasteiger partial charge in [-0.2, -0.15) is 39.5 Å². The van der Waals surface area contributed by atoms with Crippen molar-refractivity contribution in [1.82, 2.24) is 19.5 Å². The lowest BCUT2D eigenvalue weighted by Crippen LogP contribution is -2.11. The number of fused-ring (bicyclic) bond motifs is 3. The lowest BCUT2D eigenvalue weighted by molar-refractivity contribution is -0.143. The Morgan fingerprint density at radius 1 is 0.328 bits per heavy atom. The SMILES string of the molecule is FC(F)(F)c1cccc(-c2ccc(-n3c4ccccc4c4ccc(-c5cc(C(F)(F)F)cc(C(F)(F)F)c5)cc43)cc2-c2nc(-c3ccccc3)nc(-c3ccccc3)n2)c1. The first-order valence-corrected chi connectivity index (χ1v) is 18.6. The summed E-state index contributed by atoms with van der Waals surface area (Å²) < 4.78 is 128. The smallest absolute Gasteiger partial charge is 0.309 e. The molecular weight excluding hydrogens is 804 g/mol. The highest BCUT2D eigenvalue weighted by Crippen LogP contribution is 2.42. The molecule has 0 bridgehead atoms. The second kappa shape index (κ2) is 14.8. The number of nitrogens with zero attached hydrogens (tertiary/aromatic N) is 4. The molecule has 0 radical (unpaired) electrons. The number of para-hydroxylation sites is 1. The Morgan fingerprint density at radius 3 is 1.46 bits per heavy atom. The van der Waals surface area contributed by atoms with Gasteiger partial charge in [-0.1, -0.05) is 109 Å². The van der Waals surface area contributed by atoms with E-state index >= 15 is 0 Å². The Labute approximate surface area is 341 Å². The fourth-order valence-electron chi connectivity index (χ4n) is 7.45. The van der Waals surface area contributed by atoms with Crippen LogP contribution in [0, 0.1) is 0 Å². The summed E-state index contributed by atoms with van der Waals surface area (Å²) >= 11 is 0. The van der Waals surface area contributed by atoms with E-state index in [9.17, 15) is 39.5 Å². The van der Waals surface area contributed by atoms with E-state index < -0.39 is 35.2 Å². The number of aromatic nitrogens is 4. The normalized spacial score (nSPS) is 12.3. The minimum atomic E-state index is -5.05. The van der Waals surface area contributed by atoms with Crippen molar-refractivity contribution >= 4 is 21.8 Å². The molecule has 7 aromatic carbocycles. The number of rotatable bonds is 6. The molecule has 0 atom stereocenters. The molecule has 0 saturated heterocycles. The lowest BCUT2D eigenvalue weighted by Gasteiger charge is -2.17. The summed E-state index contributed by atoms with van der Waals surface area (Å²) in [5, 5.41) is 1.37. The minimum Gasteiger partial charge on any atom is -0.309 e. The van der Waals surface area contributed by atoms with E-state index in [0.717, 1.165) is 17.5 Å². The zero-order chi connectivity index (χ0) is 42.7. The molecule has 13 heteroatoms. The second-order valence-corrected chi connectivity index (χ2v) is 14.2. The summed E-state index contributed by atoms with van der Waals surface area (Å²) in [5.74, 6) is 0.725. The lowest BCUT2D eigenvalue weighted by atomic mass is 9.96. The van der Waals surface area contributed by atoms with Crippen LogP contribution in [0.15, 0.2) is 164 Å². The molecule has 0 spiro atoms. The molecular formula is C48H27F9N4. The van der Waals surface area contributed by atoms with Crippen LogP contribution in [0.3, 0.4) is 0 Å². The Bertz CT molecular complexity index is 3010. The van der Waals surface area contributed by atoms with Crippen LogP contribution in [-0.4, -0.2) is 19.5 Å². The van der Waals surface area contributed by atoms with Gasteiger partial charge in [0.2, 0.25) is 0 Å². The molecule has 0 amide bonds. The Hall–Kier alpha value is -7.28. The highest BCUT2D eigenvalue weighted by molar-refractivity contribution is 6.10. The maximum atomic E-state index is 14.1. The summed E-state index contributed by atoms with van der Waals surface area (Å²) in [4.78, 5) is 14.5. The molecule has 0 N–H and O–H groups in total. The Morgan fingerprint density at radius 2 is 0.852 bits per heavy atom. The molecule has 0 unspecified atom stereocenters. The number of alkyl halides is 9. The first kappa shape index (κ1) is 39.2. The minimum absolute atomic E-state index is 0.0834. The van der Waals surface area contributed by atoms with Crippen LogP contribution < -0.4 is 0 Å². The summed E-state index contributed by atoms with van der Waals surface area (Å²) in [7, 11) is 0. The van der Waals surface area contributed by atoms with Crippen LogP contribution in [0.2, 0.25) is 0 Å². The van der Waals surface area contributed by atoms with Crippen molar-refractivity contribution in [2.24, 2.45) is 0 Å². The maximum absolute atomic E-state index is 14.1. The third-order valence-corrected chi connectivity index (χ3v) is 10.3. The van der Waals surface area contributed by atoms with Crippen LogP contribution in [0.5, 0.6) is 0 Å². The van der Waals surface area contributed by atoms with Gasteiger partial charge in [0.1, 0.15) is 0 Å². The maximum Gasteiger partial charge on any atom is 0.416 e. The average Bonchev–Trinajstić information content (AvgIpc) is 3.59. The monoisotopic (exact) mass is 830 g/mol. The second-order valence-electron chi connectivity index (χ2n) is 14.2. The number of halogens is 9. The van der Waals surface area contributed by atoms with Crippen molar-refractivity contribution in [3.8, 4) is 62.1 Å². The van der Waals surface area contributed by atoms with Crippen molar-refractivity contribution in [3.05, 3.63) is 180 Å². The topological polar surface area (TPSA) is 43.6 Å². The van der Waals surface area contributed by atoms with Gasteiger partial charge in [-0.25, -0.2) is 15.0 Å². The molecule has 0 aliphatic heterocycles. The summed E-state index contributed by atoms with van der Waals surface area (Å²) in [6.45, 7) is 0. The number of benzene rings is 7. The van der Waals surface area contributed by atoms with Gasteiger partial charge in [0, 0.05) is 33.2 Å². The molecule has 0 aliphatic carbocycles. The van der Waals surface area contributed by atoms with E-state index in [1.54, 1.807) is 47.0 Å². The van der Waals surface area contributed by atoms with Crippen molar-refractivity contribution < 1.29 is 39.5 Å². The quantitative estimate of drug-likeness (QED) is 0.157. The van der Waals surface area contributed by atoms with E-state index in [1.165, 1.54) is 18.2 Å². The number of hydrogen-bond acceptors (Lipinski definition) is 3. The standard InChI is InChI=1S/C48H27F9N4/c49-46(50,51)33-15-9-14-31(22-33)37-21-19-36(27-40(37)45-59-43(28-10-3-1-4-11-28)58-44(60-45)29-12-5-2-6-13-29)61-41-17-8-7-16-38(41)39-20-18-30(25-42(39)61)32-23-34(47(52,53)54)26-35(24-32)48(55,56)57/h1-27H. The predicted molar refractivity (Wildman–Crippen MR) is 216 cm³/mol. The first-order chi connectivity index (χ1) is 29.1. The molecule has 0 fully saturated rings. The Kier molecular flexibility index (Phi) is 9.49. The third-order valence-electron chi connectivity index (χ3n) is 10.3. The fraction of sp³-hybridized carbons (Fsp3) is 0.0625. The first-order valence-electron chi connectivity index (χ1n) is 18.6. The fourth-order valence-corrected chi connectivity index (χ4v) is 7.45. The molecule has 2 aromatic heterocycles. The average molecular weight is 831 g/mol. The molecule has 9 aromatic rings. The molecule has 0 aliphatic rings. The van der Waals surface area contributed by atoms with E-state index in [0.29, 0.717) is 68.1 Å². The molecule has 2 heterocycles. The van der Waals surface area contributed by atoms with Crippen LogP contribution in [-0.2, 0) is 18.5 Å². The molecule has 302 valence electrons. The van der Waals surface area contributed by atoms with Crippen molar-refractivity contribution in [2.45, 2.75) is 18.5 Å². The van der Waals surface area contributed by atoms with Gasteiger partial charge < -0.3 is 4.57 Å². The summed E-state index contributed by atoms with van der Waals surface area (Å²) in [6.07, 6.45) is -14.8. The highest BCUT2D eigenvalue weighted by atomic mass is 19.4. The van der Waals surface area contributed by atoms with E-state index in [2.05, 4.69) is 0 Å². The van der Waals surface area contributed by atoms with E-state index in [-0.39, 0.29) is 28.6 Å². The van der Waals surface area contributed by atoms with Crippen molar-refractivity contribution in [3.63, 3.8) is 0 Å². The zero-order valence-electron chi connectivity index (χ0n) is 31.3. The highest BCUT2D eigenvalue weighted by Gasteiger charge is 2.37. The Balaban J connectivity index is 1.32. The van der Waals surface area contributed by atoms with Gasteiger partial charge in [-0.05, 0) is 76.9 Å². The van der Waals surface area contributed by atoms with E-state index in [1.807, 2.05) is 72.8 Å². The van der Waals surface area contributed by atoms with Crippen molar-refractivity contribution in [2.75, 3.05) is 0 Å². The zero-order valence-corrected chi connectivity index (χ0v) is 31.3. The van der Waals surface area contributed by atoms with Gasteiger partial charge in [0.05, 0.1) is 27.7 Å². The largest absolute Gasteiger partial charge is 0.416 e. The molecule has 61 heavy (non-hydrogen) atoms. The summed E-state index contributed by atoms with van der Waals surface area (Å²) in [5.41, 5.74) is -0.255. The van der Waals surface area contributed by atoms with Gasteiger partial charge in [-0.15, -0.1) is 0 Å². The van der Waals surface area contributed by atoms with E-state index in [4.69, 9.17) is 15.0 Å². The van der Waals surface area contributed by atoms with Crippen LogP contribution in [0.1, 0.15) is 16.7 Å². The van der Waals surface area contributed by atoms with Gasteiger partial charge in [-0.3, -0.25) is 0 Å². The molecule has 9 rings (SSSR count). The van der Waals surface area contributed by atoms with Gasteiger partial charge in [0.25, 0.3) is 0 Å². The van der Waals surface area contributed by atoms with Crippen LogP contribution in [0.25, 0.3) is 83.9 Å². The molecule has 0 saturated carbocycles. The van der Waals surface area contributed by atoms with Crippen molar-refractivity contribution in [1.29, 1.82) is 0 Å².